The zero-order chi connectivity index (χ0) is 25.0. The quantitative estimate of drug-likeness (QED) is 0.491. The number of nitrogens with one attached hydrogen (secondary N) is 1. The first-order valence-electron chi connectivity index (χ1n) is 13.7. The largest absolute Gasteiger partial charge is 0.379 e. The topological polar surface area (TPSA) is 79.0 Å². The number of piperidine rings is 1. The van der Waals surface area contributed by atoms with E-state index in [0.29, 0.717) is 38.4 Å². The zero-order valence-corrected chi connectivity index (χ0v) is 23.4. The molecular formula is C27H38BrN3O4S. The Labute approximate surface area is 223 Å². The minimum atomic E-state index is -3.64. The summed E-state index contributed by atoms with van der Waals surface area (Å²) in [5.41, 5.74) is 1.64. The second-order valence-electron chi connectivity index (χ2n) is 12.1. The Kier molecular flexibility index (Phi) is 6.66. The summed E-state index contributed by atoms with van der Waals surface area (Å²) in [6.45, 7) is 3.39. The Balaban J connectivity index is 1.26. The number of alkyl halides is 1. The number of anilines is 2. The molecule has 1 N–H and O–H groups in total. The lowest BCUT2D eigenvalue weighted by Gasteiger charge is -2.60. The highest BCUT2D eigenvalue weighted by atomic mass is 79.9. The SMILES string of the molecule is O=C(CC12C[C@@H]3C[C@H](CC(Br)(C3)C1)C2)Nc1cc(S(=O)(=O)N2CCOCC2)ccc1N1CCCCC1. The number of ether oxygens (including phenoxy) is 1. The summed E-state index contributed by atoms with van der Waals surface area (Å²) in [6, 6.07) is 5.29. The third-order valence-electron chi connectivity index (χ3n) is 9.19. The minimum absolute atomic E-state index is 0.0206. The molecule has 198 valence electrons. The highest BCUT2D eigenvalue weighted by molar-refractivity contribution is 9.10. The Morgan fingerprint density at radius 2 is 1.72 bits per heavy atom. The van der Waals surface area contributed by atoms with Crippen LogP contribution in [-0.4, -0.2) is 62.3 Å². The van der Waals surface area contributed by atoms with Crippen molar-refractivity contribution in [3.05, 3.63) is 18.2 Å². The molecule has 4 saturated carbocycles. The maximum Gasteiger partial charge on any atom is 0.243 e. The lowest BCUT2D eigenvalue weighted by atomic mass is 9.48. The molecule has 4 bridgehead atoms. The summed E-state index contributed by atoms with van der Waals surface area (Å²) in [4.78, 5) is 16.1. The highest BCUT2D eigenvalue weighted by Gasteiger charge is 2.57. The van der Waals surface area contributed by atoms with Crippen molar-refractivity contribution in [2.45, 2.75) is 73.4 Å². The second kappa shape index (κ2) is 9.54. The maximum atomic E-state index is 13.6. The van der Waals surface area contributed by atoms with Crippen LogP contribution in [0.25, 0.3) is 0 Å². The van der Waals surface area contributed by atoms with Crippen LogP contribution >= 0.6 is 15.9 Å². The predicted molar refractivity (Wildman–Crippen MR) is 144 cm³/mol. The number of benzene rings is 1. The smallest absolute Gasteiger partial charge is 0.243 e. The lowest BCUT2D eigenvalue weighted by molar-refractivity contribution is -0.123. The summed E-state index contributed by atoms with van der Waals surface area (Å²) >= 11 is 4.06. The molecule has 6 aliphatic rings. The second-order valence-corrected chi connectivity index (χ2v) is 15.7. The van der Waals surface area contributed by atoms with Crippen molar-refractivity contribution in [1.82, 2.24) is 4.31 Å². The molecule has 1 aromatic rings. The van der Waals surface area contributed by atoms with Gasteiger partial charge < -0.3 is 15.0 Å². The summed E-state index contributed by atoms with van der Waals surface area (Å²) in [5, 5.41) is 3.21. The summed E-state index contributed by atoms with van der Waals surface area (Å²) in [5.74, 6) is 1.47. The van der Waals surface area contributed by atoms with Crippen molar-refractivity contribution >= 4 is 43.2 Å². The van der Waals surface area contributed by atoms with Gasteiger partial charge in [0.15, 0.2) is 0 Å². The van der Waals surface area contributed by atoms with Gasteiger partial charge >= 0.3 is 0 Å². The van der Waals surface area contributed by atoms with Crippen LogP contribution in [0.3, 0.4) is 0 Å². The van der Waals surface area contributed by atoms with Crippen molar-refractivity contribution < 1.29 is 17.9 Å². The van der Waals surface area contributed by atoms with Gasteiger partial charge in [0, 0.05) is 36.9 Å². The molecule has 1 amide bonds. The van der Waals surface area contributed by atoms with E-state index >= 15 is 0 Å². The van der Waals surface area contributed by atoms with Crippen LogP contribution < -0.4 is 10.2 Å². The number of halogens is 1. The number of rotatable bonds is 6. The van der Waals surface area contributed by atoms with Gasteiger partial charge in [-0.15, -0.1) is 0 Å². The van der Waals surface area contributed by atoms with Gasteiger partial charge in [-0.3, -0.25) is 4.79 Å². The number of hydrogen-bond donors (Lipinski definition) is 1. The molecule has 7 nitrogen and oxygen atoms in total. The molecule has 2 atom stereocenters. The van der Waals surface area contributed by atoms with Crippen molar-refractivity contribution in [1.29, 1.82) is 0 Å². The molecule has 9 heteroatoms. The maximum absolute atomic E-state index is 13.6. The van der Waals surface area contributed by atoms with E-state index in [-0.39, 0.29) is 20.5 Å². The Bertz CT molecular complexity index is 1100. The van der Waals surface area contributed by atoms with Crippen molar-refractivity contribution in [3.63, 3.8) is 0 Å². The van der Waals surface area contributed by atoms with Gasteiger partial charge in [-0.25, -0.2) is 8.42 Å². The van der Waals surface area contributed by atoms with Crippen LogP contribution in [0, 0.1) is 17.3 Å². The molecule has 0 aromatic heterocycles. The van der Waals surface area contributed by atoms with Gasteiger partial charge in [-0.2, -0.15) is 4.31 Å². The van der Waals surface area contributed by atoms with E-state index in [1.807, 2.05) is 6.07 Å². The Morgan fingerprint density at radius 1 is 1.03 bits per heavy atom. The van der Waals surface area contributed by atoms with Gasteiger partial charge in [0.2, 0.25) is 15.9 Å². The van der Waals surface area contributed by atoms with Crippen molar-refractivity contribution in [2.24, 2.45) is 17.3 Å². The van der Waals surface area contributed by atoms with E-state index in [1.165, 1.54) is 30.0 Å². The first kappa shape index (κ1) is 25.1. The Morgan fingerprint density at radius 3 is 2.39 bits per heavy atom. The molecule has 4 aliphatic carbocycles. The molecule has 0 unspecified atom stereocenters. The van der Waals surface area contributed by atoms with E-state index in [9.17, 15) is 13.2 Å². The number of morpholine rings is 1. The minimum Gasteiger partial charge on any atom is -0.379 e. The predicted octanol–water partition coefficient (Wildman–Crippen LogP) is 4.76. The molecule has 2 aliphatic heterocycles. The molecule has 0 spiro atoms. The molecule has 7 rings (SSSR count). The third-order valence-corrected chi connectivity index (χ3v) is 12.0. The van der Waals surface area contributed by atoms with E-state index < -0.39 is 10.0 Å². The number of carbonyl (C=O) groups excluding carboxylic acids is 1. The van der Waals surface area contributed by atoms with Crippen LogP contribution in [0.4, 0.5) is 11.4 Å². The molecule has 2 saturated heterocycles. The highest BCUT2D eigenvalue weighted by Crippen LogP contribution is 2.65. The van der Waals surface area contributed by atoms with Crippen LogP contribution in [0.2, 0.25) is 0 Å². The van der Waals surface area contributed by atoms with Crippen LogP contribution in [0.1, 0.15) is 64.2 Å². The average molecular weight is 581 g/mol. The number of nitrogens with zero attached hydrogens (tertiary/aromatic N) is 2. The number of carbonyl (C=O) groups is 1. The van der Waals surface area contributed by atoms with Gasteiger partial charge in [-0.05, 0) is 93.2 Å². The van der Waals surface area contributed by atoms with E-state index in [2.05, 4.69) is 26.1 Å². The van der Waals surface area contributed by atoms with E-state index in [0.717, 1.165) is 62.7 Å². The number of hydrogen-bond acceptors (Lipinski definition) is 5. The zero-order valence-electron chi connectivity index (χ0n) is 21.0. The van der Waals surface area contributed by atoms with Gasteiger partial charge in [0.25, 0.3) is 0 Å². The fourth-order valence-electron chi connectivity index (χ4n) is 8.20. The van der Waals surface area contributed by atoms with Gasteiger partial charge in [-0.1, -0.05) is 15.9 Å². The van der Waals surface area contributed by atoms with Gasteiger partial charge in [0.05, 0.1) is 29.5 Å². The fraction of sp³-hybridized carbons (Fsp3) is 0.741. The van der Waals surface area contributed by atoms with Crippen LogP contribution in [-0.2, 0) is 19.6 Å². The fourth-order valence-corrected chi connectivity index (χ4v) is 11.1. The van der Waals surface area contributed by atoms with Crippen molar-refractivity contribution in [3.8, 4) is 0 Å². The van der Waals surface area contributed by atoms with Crippen LogP contribution in [0.5, 0.6) is 0 Å². The molecule has 1 aromatic carbocycles. The number of amides is 1. The lowest BCUT2D eigenvalue weighted by Crippen LogP contribution is -2.53. The molecule has 36 heavy (non-hydrogen) atoms. The first-order valence-corrected chi connectivity index (χ1v) is 15.9. The standard InChI is InChI=1S/C27H38BrN3O4S/c28-27-16-20-12-21(17-27)15-26(14-20,19-27)18-25(32)29-23-13-22(36(33,34)31-8-10-35-11-9-31)4-5-24(23)30-6-2-1-3-7-30/h4-5,13,20-21H,1-3,6-12,14-19H2,(H,29,32)/t20-,21-,26?,27?/m0/s1. The third kappa shape index (κ3) is 4.85. The average Bonchev–Trinajstić information content (AvgIpc) is 2.83. The molecule has 2 heterocycles. The summed E-state index contributed by atoms with van der Waals surface area (Å²) in [6.07, 6.45) is 11.1. The first-order chi connectivity index (χ1) is 17.2. The van der Waals surface area contributed by atoms with Crippen LogP contribution in [0.15, 0.2) is 23.1 Å². The molecule has 6 fully saturated rings. The number of sulfonamides is 1. The van der Waals surface area contributed by atoms with Crippen molar-refractivity contribution in [2.75, 3.05) is 49.6 Å². The molecular weight excluding hydrogens is 542 g/mol. The van der Waals surface area contributed by atoms with E-state index in [4.69, 9.17) is 4.74 Å². The summed E-state index contributed by atoms with van der Waals surface area (Å²) in [7, 11) is -3.64. The normalized spacial score (nSPS) is 34.6. The summed E-state index contributed by atoms with van der Waals surface area (Å²) < 4.78 is 33.8. The molecule has 0 radical (unpaired) electrons. The van der Waals surface area contributed by atoms with Gasteiger partial charge in [0.1, 0.15) is 0 Å². The monoisotopic (exact) mass is 579 g/mol. The Hall–Kier alpha value is -1.16. The van der Waals surface area contributed by atoms with E-state index in [1.54, 1.807) is 12.1 Å².